The van der Waals surface area contributed by atoms with Crippen molar-refractivity contribution in [3.05, 3.63) is 36.4 Å². The van der Waals surface area contributed by atoms with Crippen molar-refractivity contribution in [1.82, 2.24) is 46.5 Å². The largest absolute Gasteiger partial charge is 0.481 e. The van der Waals surface area contributed by atoms with Gasteiger partial charge in [-0.25, -0.2) is 14.8 Å². The molecule has 2 aromatic heterocycles. The van der Waals surface area contributed by atoms with Crippen LogP contribution in [0.1, 0.15) is 43.5 Å². The molecule has 13 N–H and O–H groups in total. The molecule has 2 heterocycles. The van der Waals surface area contributed by atoms with E-state index in [0.717, 1.165) is 0 Å². The fourth-order valence-electron chi connectivity index (χ4n) is 4.69. The number of imidazole rings is 2. The molecule has 0 aromatic carbocycles. The first-order chi connectivity index (χ1) is 25.5. The van der Waals surface area contributed by atoms with Crippen molar-refractivity contribution in [2.45, 2.75) is 81.2 Å². The summed E-state index contributed by atoms with van der Waals surface area (Å²) >= 11 is 1.44. The molecule has 2 aromatic rings. The van der Waals surface area contributed by atoms with Gasteiger partial charge in [0, 0.05) is 43.0 Å². The molecule has 0 radical (unpaired) electrons. The highest BCUT2D eigenvalue weighted by molar-refractivity contribution is 7.98. The lowest BCUT2D eigenvalue weighted by Gasteiger charge is -2.26. The summed E-state index contributed by atoms with van der Waals surface area (Å²) in [5, 5.41) is 48.5. The summed E-state index contributed by atoms with van der Waals surface area (Å²) in [6.07, 6.45) is 3.35. The van der Waals surface area contributed by atoms with E-state index >= 15 is 0 Å². The van der Waals surface area contributed by atoms with Gasteiger partial charge in [-0.2, -0.15) is 11.8 Å². The van der Waals surface area contributed by atoms with Crippen LogP contribution in [0.4, 0.5) is 0 Å². The van der Waals surface area contributed by atoms with Gasteiger partial charge < -0.3 is 62.7 Å². The molecule has 0 fully saturated rings. The van der Waals surface area contributed by atoms with E-state index in [0.29, 0.717) is 11.4 Å². The number of thioether (sulfide) groups is 1. The van der Waals surface area contributed by atoms with E-state index in [-0.39, 0.29) is 25.0 Å². The third-order valence-corrected chi connectivity index (χ3v) is 8.12. The molecular formula is C30H42N10O13S. The summed E-state index contributed by atoms with van der Waals surface area (Å²) < 4.78 is 0. The quantitative estimate of drug-likeness (QED) is 0.0461. The Labute approximate surface area is 310 Å². The lowest BCUT2D eigenvalue weighted by molar-refractivity contribution is -0.147. The maximum Gasteiger partial charge on any atom is 0.326 e. The van der Waals surface area contributed by atoms with Crippen molar-refractivity contribution in [3.8, 4) is 0 Å². The SMILES string of the molecule is CSCC[C@H](N)C(=O)N[C@@H](Cc1cnc[nH]1)C(=O)N[C@@H](CCC(=O)O)C(=O)N[C@@H](CC(=O)O)C(=O)N[C@@H](Cc1cnc[nH]1)C(=O)N[C@@H](CC(=O)O)C(=O)O. The Bertz CT molecular complexity index is 1620. The minimum Gasteiger partial charge on any atom is -0.481 e. The van der Waals surface area contributed by atoms with Crippen molar-refractivity contribution >= 4 is 65.2 Å². The highest BCUT2D eigenvalue weighted by atomic mass is 32.2. The van der Waals surface area contributed by atoms with Gasteiger partial charge in [0.25, 0.3) is 0 Å². The molecule has 24 heteroatoms. The molecule has 54 heavy (non-hydrogen) atoms. The fourth-order valence-corrected chi connectivity index (χ4v) is 5.18. The molecule has 296 valence electrons. The topological polar surface area (TPSA) is 378 Å². The number of amides is 5. The Morgan fingerprint density at radius 2 is 1.06 bits per heavy atom. The number of carbonyl (C=O) groups excluding carboxylic acids is 5. The van der Waals surface area contributed by atoms with Crippen LogP contribution in [0, 0.1) is 0 Å². The molecule has 6 atom stereocenters. The average molecular weight is 783 g/mol. The number of H-pyrrole nitrogens is 2. The Hall–Kier alpha value is -6.04. The van der Waals surface area contributed by atoms with Crippen molar-refractivity contribution in [2.75, 3.05) is 12.0 Å². The molecule has 5 amide bonds. The van der Waals surface area contributed by atoms with E-state index in [1.807, 2.05) is 11.6 Å². The monoisotopic (exact) mass is 782 g/mol. The zero-order chi connectivity index (χ0) is 40.4. The number of aromatic amines is 2. The Morgan fingerprint density at radius 3 is 1.50 bits per heavy atom. The molecule has 23 nitrogen and oxygen atoms in total. The number of carboxylic acids is 4. The molecule has 0 spiro atoms. The number of nitrogens with one attached hydrogen (secondary N) is 7. The number of carbonyl (C=O) groups is 9. The molecule has 0 aliphatic rings. The molecular weight excluding hydrogens is 740 g/mol. The van der Waals surface area contributed by atoms with Gasteiger partial charge in [-0.3, -0.25) is 38.4 Å². The fraction of sp³-hybridized carbons (Fsp3) is 0.500. The predicted molar refractivity (Wildman–Crippen MR) is 184 cm³/mol. The van der Waals surface area contributed by atoms with Crippen LogP contribution in [0.25, 0.3) is 0 Å². The van der Waals surface area contributed by atoms with Crippen LogP contribution < -0.4 is 32.3 Å². The predicted octanol–water partition coefficient (Wildman–Crippen LogP) is -3.68. The lowest BCUT2D eigenvalue weighted by atomic mass is 10.1. The van der Waals surface area contributed by atoms with Gasteiger partial charge >= 0.3 is 23.9 Å². The third-order valence-electron chi connectivity index (χ3n) is 7.48. The number of nitrogens with two attached hydrogens (primary N) is 1. The zero-order valence-electron chi connectivity index (χ0n) is 28.8. The van der Waals surface area contributed by atoms with Gasteiger partial charge in [-0.1, -0.05) is 0 Å². The number of carboxylic acid groups (broad SMARTS) is 4. The minimum atomic E-state index is -1.96. The Balaban J connectivity index is 2.34. The Morgan fingerprint density at radius 1 is 0.630 bits per heavy atom. The normalized spacial score (nSPS) is 14.2. The van der Waals surface area contributed by atoms with E-state index in [4.69, 9.17) is 10.8 Å². The summed E-state index contributed by atoms with van der Waals surface area (Å²) in [5.41, 5.74) is 6.58. The highest BCUT2D eigenvalue weighted by Crippen LogP contribution is 2.08. The second kappa shape index (κ2) is 22.1. The van der Waals surface area contributed by atoms with Crippen molar-refractivity contribution in [2.24, 2.45) is 5.73 Å². The maximum atomic E-state index is 13.5. The average Bonchev–Trinajstić information content (AvgIpc) is 3.81. The van der Waals surface area contributed by atoms with Gasteiger partial charge in [-0.05, 0) is 24.9 Å². The van der Waals surface area contributed by atoms with Crippen LogP contribution >= 0.6 is 11.8 Å². The van der Waals surface area contributed by atoms with Crippen molar-refractivity contribution < 1.29 is 63.6 Å². The zero-order valence-corrected chi connectivity index (χ0v) is 29.6. The molecule has 0 saturated heterocycles. The van der Waals surface area contributed by atoms with Crippen LogP contribution in [-0.2, 0) is 56.0 Å². The Kier molecular flexibility index (Phi) is 18.1. The van der Waals surface area contributed by atoms with Crippen LogP contribution in [0.15, 0.2) is 25.0 Å². The first-order valence-corrected chi connectivity index (χ1v) is 17.5. The lowest BCUT2D eigenvalue weighted by Crippen LogP contribution is -2.60. The molecule has 0 unspecified atom stereocenters. The smallest absolute Gasteiger partial charge is 0.326 e. The third kappa shape index (κ3) is 15.7. The van der Waals surface area contributed by atoms with Crippen LogP contribution in [0.5, 0.6) is 0 Å². The number of hydrogen-bond donors (Lipinski definition) is 12. The molecule has 0 aliphatic carbocycles. The molecule has 0 saturated carbocycles. The van der Waals surface area contributed by atoms with Gasteiger partial charge in [0.05, 0.1) is 31.5 Å². The van der Waals surface area contributed by atoms with Gasteiger partial charge in [0.15, 0.2) is 0 Å². The number of nitrogens with zero attached hydrogens (tertiary/aromatic N) is 2. The van der Waals surface area contributed by atoms with Gasteiger partial charge in [0.2, 0.25) is 29.5 Å². The number of aliphatic carboxylic acids is 4. The second-order valence-corrected chi connectivity index (χ2v) is 12.7. The van der Waals surface area contributed by atoms with Crippen LogP contribution in [-0.4, -0.2) is 142 Å². The molecule has 2 rings (SSSR count). The summed E-state index contributed by atoms with van der Waals surface area (Å²) in [7, 11) is 0. The van der Waals surface area contributed by atoms with Crippen molar-refractivity contribution in [1.29, 1.82) is 0 Å². The maximum absolute atomic E-state index is 13.5. The summed E-state index contributed by atoms with van der Waals surface area (Å²) in [4.78, 5) is 125. The van der Waals surface area contributed by atoms with Gasteiger partial charge in [-0.15, -0.1) is 0 Å². The first kappa shape index (κ1) is 44.1. The number of rotatable bonds is 25. The number of aromatic nitrogens is 4. The standard InChI is InChI=1S/C30H42N10O13S/c1-54-5-4-16(31)25(47)37-18(6-14-10-32-12-34-14)27(49)36-17(2-3-22(41)42)26(48)39-20(8-23(43)44)29(51)38-19(7-15-11-33-13-35-15)28(50)40-21(30(52)53)9-24(45)46/h10-13,16-21H,2-9,31H2,1H3,(H,32,34)(H,33,35)(H,36,49)(H,37,47)(H,38,51)(H,39,48)(H,40,50)(H,41,42)(H,43,44)(H,45,46)(H,52,53)/t16-,17-,18-,19-,20-,21-/m0/s1. The summed E-state index contributed by atoms with van der Waals surface area (Å²) in [5.74, 6) is -11.0. The number of hydrogen-bond acceptors (Lipinski definition) is 13. The van der Waals surface area contributed by atoms with E-state index in [1.54, 1.807) is 0 Å². The summed E-state index contributed by atoms with van der Waals surface area (Å²) in [6, 6.07) is -9.62. The first-order valence-electron chi connectivity index (χ1n) is 16.1. The van der Waals surface area contributed by atoms with E-state index < -0.39 is 115 Å². The van der Waals surface area contributed by atoms with E-state index in [1.165, 1.54) is 36.8 Å². The van der Waals surface area contributed by atoms with Crippen LogP contribution in [0.3, 0.4) is 0 Å². The summed E-state index contributed by atoms with van der Waals surface area (Å²) in [6.45, 7) is 0. The molecule has 0 aliphatic heterocycles. The van der Waals surface area contributed by atoms with Crippen LogP contribution in [0.2, 0.25) is 0 Å². The van der Waals surface area contributed by atoms with E-state index in [2.05, 4.69) is 41.2 Å². The molecule has 0 bridgehead atoms. The second-order valence-electron chi connectivity index (χ2n) is 11.7. The van der Waals surface area contributed by atoms with E-state index in [9.17, 15) is 58.5 Å². The highest BCUT2D eigenvalue weighted by Gasteiger charge is 2.34. The van der Waals surface area contributed by atoms with Crippen molar-refractivity contribution in [3.63, 3.8) is 0 Å². The minimum absolute atomic E-state index is 0.168. The van der Waals surface area contributed by atoms with Gasteiger partial charge in [0.1, 0.15) is 30.2 Å².